The number of anilines is 1. The molecule has 0 aliphatic rings. The molecule has 0 bridgehead atoms. The summed E-state index contributed by atoms with van der Waals surface area (Å²) < 4.78 is 1.04. The van der Waals surface area contributed by atoms with Crippen molar-refractivity contribution in [3.63, 3.8) is 0 Å². The molecule has 0 fully saturated rings. The van der Waals surface area contributed by atoms with Crippen LogP contribution in [-0.2, 0) is 9.59 Å². The van der Waals surface area contributed by atoms with Crippen LogP contribution in [0.2, 0.25) is 0 Å². The summed E-state index contributed by atoms with van der Waals surface area (Å²) in [7, 11) is 0. The van der Waals surface area contributed by atoms with Gasteiger partial charge in [0.2, 0.25) is 11.8 Å². The van der Waals surface area contributed by atoms with Gasteiger partial charge in [0.05, 0.1) is 21.3 Å². The maximum atomic E-state index is 11.8. The second-order valence-corrected chi connectivity index (χ2v) is 6.67. The number of para-hydroxylation sites is 1. The second kappa shape index (κ2) is 9.20. The fourth-order valence-electron chi connectivity index (χ4n) is 1.87. The lowest BCUT2D eigenvalue weighted by Crippen LogP contribution is -2.24. The third-order valence-electron chi connectivity index (χ3n) is 3.04. The fourth-order valence-corrected chi connectivity index (χ4v) is 2.65. The van der Waals surface area contributed by atoms with E-state index in [0.717, 1.165) is 0 Å². The molecule has 0 aliphatic heterocycles. The van der Waals surface area contributed by atoms with Gasteiger partial charge in [-0.15, -0.1) is 0 Å². The number of amides is 2. The average molecular weight is 484 g/mol. The molecule has 26 heavy (non-hydrogen) atoms. The molecule has 134 valence electrons. The first kappa shape index (κ1) is 19.7. The lowest BCUT2D eigenvalue weighted by Gasteiger charge is -2.06. The number of nitro groups is 1. The second-order valence-electron chi connectivity index (χ2n) is 4.97. The van der Waals surface area contributed by atoms with Crippen LogP contribution >= 0.6 is 31.9 Å². The van der Waals surface area contributed by atoms with Crippen molar-refractivity contribution in [3.05, 3.63) is 67.1 Å². The molecule has 0 saturated carbocycles. The quantitative estimate of drug-likeness (QED) is 0.282. The number of nitrogens with zero attached hydrogens (tertiary/aromatic N) is 2. The molecule has 2 N–H and O–H groups in total. The van der Waals surface area contributed by atoms with Crippen LogP contribution in [0.1, 0.15) is 12.0 Å². The van der Waals surface area contributed by atoms with Crippen molar-refractivity contribution in [1.29, 1.82) is 0 Å². The van der Waals surface area contributed by atoms with E-state index in [1.165, 1.54) is 18.3 Å². The van der Waals surface area contributed by atoms with Crippen LogP contribution in [0.25, 0.3) is 0 Å². The number of carbonyl (C=O) groups excluding carboxylic acids is 2. The number of rotatable bonds is 6. The Morgan fingerprint density at radius 1 is 1.12 bits per heavy atom. The molecule has 10 heteroatoms. The van der Waals surface area contributed by atoms with Crippen LogP contribution in [0.4, 0.5) is 11.4 Å². The number of nitro benzene ring substituents is 1. The van der Waals surface area contributed by atoms with Crippen molar-refractivity contribution in [2.24, 2.45) is 5.10 Å². The number of halogens is 2. The van der Waals surface area contributed by atoms with Crippen molar-refractivity contribution >= 4 is 61.3 Å². The van der Waals surface area contributed by atoms with Crippen LogP contribution in [-0.4, -0.2) is 23.0 Å². The van der Waals surface area contributed by atoms with E-state index in [1.54, 1.807) is 30.3 Å². The Kier molecular flexibility index (Phi) is 6.98. The van der Waals surface area contributed by atoms with Gasteiger partial charge in [0.15, 0.2) is 0 Å². The Bertz CT molecular complexity index is 886. The van der Waals surface area contributed by atoms with Gasteiger partial charge in [-0.1, -0.05) is 18.2 Å². The molecule has 0 atom stereocenters. The minimum absolute atomic E-state index is 0.118. The van der Waals surface area contributed by atoms with E-state index in [2.05, 4.69) is 47.7 Å². The van der Waals surface area contributed by atoms with Crippen LogP contribution < -0.4 is 10.7 Å². The maximum absolute atomic E-state index is 11.8. The van der Waals surface area contributed by atoms with Crippen LogP contribution in [0.5, 0.6) is 0 Å². The monoisotopic (exact) mass is 482 g/mol. The highest BCUT2D eigenvalue weighted by atomic mass is 79.9. The molecule has 0 aliphatic carbocycles. The molecule has 0 aromatic heterocycles. The van der Waals surface area contributed by atoms with E-state index in [9.17, 15) is 19.7 Å². The van der Waals surface area contributed by atoms with E-state index < -0.39 is 23.2 Å². The molecule has 0 radical (unpaired) electrons. The number of hydrogen-bond acceptors (Lipinski definition) is 5. The summed E-state index contributed by atoms with van der Waals surface area (Å²) in [5.74, 6) is -1.11. The van der Waals surface area contributed by atoms with Gasteiger partial charge in [0, 0.05) is 16.1 Å². The highest BCUT2D eigenvalue weighted by Crippen LogP contribution is 2.25. The summed E-state index contributed by atoms with van der Waals surface area (Å²) in [4.78, 5) is 33.9. The zero-order valence-corrected chi connectivity index (χ0v) is 16.3. The SMILES string of the molecule is O=C(CC(=O)Nc1ccccc1Br)NN=Cc1ccc(Br)c([N+](=O)[O-])c1. The summed E-state index contributed by atoms with van der Waals surface area (Å²) in [6.45, 7) is 0. The predicted molar refractivity (Wildman–Crippen MR) is 104 cm³/mol. The molecule has 0 unspecified atom stereocenters. The van der Waals surface area contributed by atoms with Crippen molar-refractivity contribution in [1.82, 2.24) is 5.43 Å². The van der Waals surface area contributed by atoms with Gasteiger partial charge in [-0.05, 0) is 50.1 Å². The molecule has 0 saturated heterocycles. The van der Waals surface area contributed by atoms with Gasteiger partial charge in [-0.25, -0.2) is 5.43 Å². The Morgan fingerprint density at radius 3 is 2.54 bits per heavy atom. The van der Waals surface area contributed by atoms with E-state index in [1.807, 2.05) is 0 Å². The van der Waals surface area contributed by atoms with Gasteiger partial charge in [0.1, 0.15) is 6.42 Å². The largest absolute Gasteiger partial charge is 0.325 e. The Morgan fingerprint density at radius 2 is 1.85 bits per heavy atom. The lowest BCUT2D eigenvalue weighted by atomic mass is 10.2. The lowest BCUT2D eigenvalue weighted by molar-refractivity contribution is -0.385. The van der Waals surface area contributed by atoms with Crippen molar-refractivity contribution < 1.29 is 14.5 Å². The van der Waals surface area contributed by atoms with E-state index in [0.29, 0.717) is 20.2 Å². The highest BCUT2D eigenvalue weighted by Gasteiger charge is 2.12. The van der Waals surface area contributed by atoms with Crippen molar-refractivity contribution in [3.8, 4) is 0 Å². The molecule has 2 aromatic carbocycles. The summed E-state index contributed by atoms with van der Waals surface area (Å²) in [5.41, 5.74) is 3.07. The van der Waals surface area contributed by atoms with E-state index in [-0.39, 0.29) is 5.69 Å². The van der Waals surface area contributed by atoms with Crippen LogP contribution in [0.3, 0.4) is 0 Å². The van der Waals surface area contributed by atoms with Crippen molar-refractivity contribution in [2.45, 2.75) is 6.42 Å². The predicted octanol–water partition coefficient (Wildman–Crippen LogP) is 3.60. The third kappa shape index (κ3) is 5.74. The summed E-state index contributed by atoms with van der Waals surface area (Å²) >= 11 is 6.37. The summed E-state index contributed by atoms with van der Waals surface area (Å²) in [5, 5.41) is 17.2. The summed E-state index contributed by atoms with van der Waals surface area (Å²) in [6.07, 6.45) is 0.836. The van der Waals surface area contributed by atoms with Gasteiger partial charge in [-0.2, -0.15) is 5.10 Å². The van der Waals surface area contributed by atoms with Crippen LogP contribution in [0, 0.1) is 10.1 Å². The Labute approximate surface area is 165 Å². The minimum Gasteiger partial charge on any atom is -0.325 e. The normalized spacial score (nSPS) is 10.5. The number of benzene rings is 2. The zero-order chi connectivity index (χ0) is 19.1. The number of carbonyl (C=O) groups is 2. The number of nitrogens with one attached hydrogen (secondary N) is 2. The first-order chi connectivity index (χ1) is 12.4. The van der Waals surface area contributed by atoms with E-state index in [4.69, 9.17) is 0 Å². The first-order valence-electron chi connectivity index (χ1n) is 7.17. The van der Waals surface area contributed by atoms with Gasteiger partial charge in [-0.3, -0.25) is 19.7 Å². The molecule has 2 amide bonds. The molecular formula is C16H12Br2N4O4. The first-order valence-corrected chi connectivity index (χ1v) is 8.75. The zero-order valence-electron chi connectivity index (χ0n) is 13.1. The maximum Gasteiger partial charge on any atom is 0.284 e. The molecule has 0 spiro atoms. The molecule has 2 rings (SSSR count). The summed E-state index contributed by atoms with van der Waals surface area (Å²) in [6, 6.07) is 11.4. The van der Waals surface area contributed by atoms with Gasteiger partial charge in [0.25, 0.3) is 5.69 Å². The molecule has 8 nitrogen and oxygen atoms in total. The van der Waals surface area contributed by atoms with Crippen molar-refractivity contribution in [2.75, 3.05) is 5.32 Å². The fraction of sp³-hybridized carbons (Fsp3) is 0.0625. The molecular weight excluding hydrogens is 472 g/mol. The van der Waals surface area contributed by atoms with Gasteiger partial charge >= 0.3 is 0 Å². The Balaban J connectivity index is 1.89. The van der Waals surface area contributed by atoms with Gasteiger partial charge < -0.3 is 5.32 Å². The Hall–Kier alpha value is -2.59. The average Bonchev–Trinajstić information content (AvgIpc) is 2.58. The molecule has 0 heterocycles. The minimum atomic E-state index is -0.614. The number of hydrazone groups is 1. The smallest absolute Gasteiger partial charge is 0.284 e. The number of hydrogen-bond donors (Lipinski definition) is 2. The standard InChI is InChI=1S/C16H12Br2N4O4/c17-11-3-1-2-4-13(11)20-15(23)8-16(24)21-19-9-10-5-6-12(18)14(7-10)22(25)26/h1-7,9H,8H2,(H,20,23)(H,21,24). The highest BCUT2D eigenvalue weighted by molar-refractivity contribution is 9.11. The third-order valence-corrected chi connectivity index (χ3v) is 4.40. The topological polar surface area (TPSA) is 114 Å². The van der Waals surface area contributed by atoms with Crippen LogP contribution in [0.15, 0.2) is 56.5 Å². The van der Waals surface area contributed by atoms with E-state index >= 15 is 0 Å². The molecule has 2 aromatic rings.